The van der Waals surface area contributed by atoms with Gasteiger partial charge in [0.2, 0.25) is 5.96 Å². The molecule has 1 saturated carbocycles. The molecule has 3 atom stereocenters. The molecule has 1 aromatic carbocycles. The highest BCUT2D eigenvalue weighted by atomic mass is 35.5. The highest BCUT2D eigenvalue weighted by Crippen LogP contribution is 2.46. The Labute approximate surface area is 184 Å². The third-order valence-electron chi connectivity index (χ3n) is 6.49. The van der Waals surface area contributed by atoms with Crippen LogP contribution < -0.4 is 5.73 Å². The van der Waals surface area contributed by atoms with Crippen LogP contribution in [0.25, 0.3) is 11.3 Å². The van der Waals surface area contributed by atoms with E-state index in [1.807, 2.05) is 11.0 Å². The Morgan fingerprint density at radius 1 is 1.20 bits per heavy atom. The molecule has 2 aliphatic heterocycles. The summed E-state index contributed by atoms with van der Waals surface area (Å²) < 4.78 is 12.1. The van der Waals surface area contributed by atoms with E-state index in [4.69, 9.17) is 43.4 Å². The smallest absolute Gasteiger partial charge is 0.233 e. The summed E-state index contributed by atoms with van der Waals surface area (Å²) in [5.41, 5.74) is 8.18. The van der Waals surface area contributed by atoms with Gasteiger partial charge in [0.05, 0.1) is 22.8 Å². The number of aromatic nitrogens is 1. The Morgan fingerprint density at radius 2 is 1.87 bits per heavy atom. The lowest BCUT2D eigenvalue weighted by molar-refractivity contribution is -0.0123. The second kappa shape index (κ2) is 7.94. The van der Waals surface area contributed by atoms with E-state index in [1.54, 1.807) is 12.1 Å². The van der Waals surface area contributed by atoms with Gasteiger partial charge >= 0.3 is 0 Å². The second-order valence-electron chi connectivity index (χ2n) is 8.40. The summed E-state index contributed by atoms with van der Waals surface area (Å²) in [4.78, 5) is 2.03. The topological polar surface area (TPSA) is 97.1 Å². The molecule has 7 nitrogen and oxygen atoms in total. The number of ether oxygens (including phenoxy) is 1. The fraction of sp³-hybridized carbons (Fsp3) is 0.524. The van der Waals surface area contributed by atoms with Crippen LogP contribution in [-0.4, -0.2) is 39.4 Å². The first kappa shape index (κ1) is 20.0. The molecule has 2 saturated heterocycles. The van der Waals surface area contributed by atoms with Gasteiger partial charge in [0, 0.05) is 29.1 Å². The SMILES string of the molecule is N/C(=N\O)N1[C@@H]2CC[C@H]1CC(OCc1c(-c3c(Cl)cccc3Cl)noc1C1CC1)C2. The maximum Gasteiger partial charge on any atom is 0.233 e. The number of hydrogen-bond donors (Lipinski definition) is 2. The van der Waals surface area contributed by atoms with E-state index < -0.39 is 0 Å². The maximum absolute atomic E-state index is 9.07. The predicted octanol–water partition coefficient (Wildman–Crippen LogP) is 4.74. The first-order chi connectivity index (χ1) is 14.6. The zero-order chi connectivity index (χ0) is 20.8. The van der Waals surface area contributed by atoms with Gasteiger partial charge in [0.15, 0.2) is 0 Å². The zero-order valence-corrected chi connectivity index (χ0v) is 17.9. The number of hydrogen-bond acceptors (Lipinski definition) is 5. The highest BCUT2D eigenvalue weighted by Gasteiger charge is 2.43. The predicted molar refractivity (Wildman–Crippen MR) is 114 cm³/mol. The van der Waals surface area contributed by atoms with Crippen molar-refractivity contribution in [3.05, 3.63) is 39.6 Å². The van der Waals surface area contributed by atoms with Crippen LogP contribution in [0, 0.1) is 0 Å². The lowest BCUT2D eigenvalue weighted by Gasteiger charge is -2.38. The fourth-order valence-corrected chi connectivity index (χ4v) is 5.51. The molecule has 1 aromatic heterocycles. The van der Waals surface area contributed by atoms with Crippen molar-refractivity contribution in [3.8, 4) is 11.3 Å². The molecule has 0 radical (unpaired) electrons. The minimum Gasteiger partial charge on any atom is -0.408 e. The molecule has 1 unspecified atom stereocenters. The van der Waals surface area contributed by atoms with E-state index in [0.717, 1.165) is 49.8 Å². The van der Waals surface area contributed by atoms with Crippen LogP contribution in [0.3, 0.4) is 0 Å². The van der Waals surface area contributed by atoms with Crippen LogP contribution in [0.2, 0.25) is 10.0 Å². The Bertz CT molecular complexity index is 941. The maximum atomic E-state index is 9.07. The van der Waals surface area contributed by atoms with Gasteiger partial charge in [-0.3, -0.25) is 0 Å². The largest absolute Gasteiger partial charge is 0.408 e. The Hall–Kier alpha value is -1.96. The molecule has 3 N–H and O–H groups in total. The molecule has 2 aromatic rings. The number of oxime groups is 1. The molecule has 3 heterocycles. The summed E-state index contributed by atoms with van der Waals surface area (Å²) in [7, 11) is 0. The molecule has 30 heavy (non-hydrogen) atoms. The third-order valence-corrected chi connectivity index (χ3v) is 7.12. The van der Waals surface area contributed by atoms with Crippen LogP contribution in [0.4, 0.5) is 0 Å². The molecule has 1 aliphatic carbocycles. The summed E-state index contributed by atoms with van der Waals surface area (Å²) in [6, 6.07) is 5.91. The van der Waals surface area contributed by atoms with Gasteiger partial charge in [0.1, 0.15) is 11.5 Å². The molecule has 9 heteroatoms. The summed E-state index contributed by atoms with van der Waals surface area (Å²) in [5, 5.41) is 17.7. The minimum absolute atomic E-state index is 0.0989. The first-order valence-corrected chi connectivity index (χ1v) is 11.1. The van der Waals surface area contributed by atoms with Gasteiger partial charge in [-0.1, -0.05) is 39.6 Å². The van der Waals surface area contributed by atoms with Crippen molar-refractivity contribution < 1.29 is 14.5 Å². The molecule has 2 bridgehead atoms. The number of benzene rings is 1. The van der Waals surface area contributed by atoms with Gasteiger partial charge in [-0.05, 0) is 50.7 Å². The second-order valence-corrected chi connectivity index (χ2v) is 9.21. The van der Waals surface area contributed by atoms with Gasteiger partial charge in [-0.25, -0.2) is 0 Å². The summed E-state index contributed by atoms with van der Waals surface area (Å²) in [6.45, 7) is 0.403. The summed E-state index contributed by atoms with van der Waals surface area (Å²) in [6.07, 6.45) is 6.05. The average Bonchev–Trinajstić information content (AvgIpc) is 3.44. The lowest BCUT2D eigenvalue weighted by Crippen LogP contribution is -2.51. The molecular weight excluding hydrogens is 427 g/mol. The number of rotatable bonds is 5. The number of guanidine groups is 1. The molecule has 160 valence electrons. The number of halogens is 2. The Balaban J connectivity index is 1.37. The van der Waals surface area contributed by atoms with Crippen molar-refractivity contribution >= 4 is 29.2 Å². The van der Waals surface area contributed by atoms with Crippen molar-refractivity contribution in [2.45, 2.75) is 69.2 Å². The van der Waals surface area contributed by atoms with Crippen LogP contribution in [0.1, 0.15) is 55.8 Å². The van der Waals surface area contributed by atoms with Gasteiger partial charge < -0.3 is 25.1 Å². The zero-order valence-electron chi connectivity index (χ0n) is 16.4. The summed E-state index contributed by atoms with van der Waals surface area (Å²) >= 11 is 12.9. The Kier molecular flexibility index (Phi) is 5.29. The Morgan fingerprint density at radius 3 is 2.47 bits per heavy atom. The molecule has 5 rings (SSSR count). The lowest BCUT2D eigenvalue weighted by atomic mass is 9.99. The van der Waals surface area contributed by atoms with E-state index in [2.05, 4.69) is 10.3 Å². The van der Waals surface area contributed by atoms with E-state index >= 15 is 0 Å². The van der Waals surface area contributed by atoms with Crippen molar-refractivity contribution in [1.82, 2.24) is 10.1 Å². The quantitative estimate of drug-likeness (QED) is 0.295. The van der Waals surface area contributed by atoms with Gasteiger partial charge in [-0.2, -0.15) is 0 Å². The normalized spacial score (nSPS) is 26.4. The van der Waals surface area contributed by atoms with E-state index in [9.17, 15) is 0 Å². The molecule has 0 amide bonds. The number of nitrogens with two attached hydrogens (primary N) is 1. The van der Waals surface area contributed by atoms with Gasteiger partial charge in [0.25, 0.3) is 0 Å². The van der Waals surface area contributed by atoms with Crippen molar-refractivity contribution in [2.75, 3.05) is 0 Å². The summed E-state index contributed by atoms with van der Waals surface area (Å²) in [5.74, 6) is 1.48. The van der Waals surface area contributed by atoms with Crippen LogP contribution in [0.15, 0.2) is 27.9 Å². The third kappa shape index (κ3) is 3.53. The number of piperidine rings is 1. The highest BCUT2D eigenvalue weighted by molar-refractivity contribution is 6.39. The number of nitrogens with zero attached hydrogens (tertiary/aromatic N) is 3. The van der Waals surface area contributed by atoms with E-state index in [1.165, 1.54) is 0 Å². The molecular formula is C21H24Cl2N4O3. The minimum atomic E-state index is 0.0989. The molecule has 3 fully saturated rings. The van der Waals surface area contributed by atoms with Crippen molar-refractivity contribution in [1.29, 1.82) is 0 Å². The van der Waals surface area contributed by atoms with Crippen LogP contribution in [0.5, 0.6) is 0 Å². The van der Waals surface area contributed by atoms with Crippen molar-refractivity contribution in [2.24, 2.45) is 10.9 Å². The van der Waals surface area contributed by atoms with Gasteiger partial charge in [-0.15, -0.1) is 0 Å². The monoisotopic (exact) mass is 450 g/mol. The van der Waals surface area contributed by atoms with E-state index in [-0.39, 0.29) is 24.1 Å². The fourth-order valence-electron chi connectivity index (χ4n) is 4.94. The first-order valence-electron chi connectivity index (χ1n) is 10.4. The number of fused-ring (bicyclic) bond motifs is 2. The van der Waals surface area contributed by atoms with Crippen LogP contribution in [-0.2, 0) is 11.3 Å². The molecule has 0 spiro atoms. The van der Waals surface area contributed by atoms with Crippen molar-refractivity contribution in [3.63, 3.8) is 0 Å². The van der Waals surface area contributed by atoms with Crippen LogP contribution >= 0.6 is 23.2 Å². The standard InChI is InChI=1S/C21H24Cl2N4O3/c22-16-2-1-3-17(23)18(16)19-15(20(30-26-19)11-4-5-11)10-29-14-8-12-6-7-13(9-14)27(12)21(24)25-28/h1-3,11-14,28H,4-10H2,(H2,24,25)/t12-,13+,14?. The molecule has 3 aliphatic rings. The van der Waals surface area contributed by atoms with E-state index in [0.29, 0.717) is 33.8 Å². The average molecular weight is 451 g/mol.